The van der Waals surface area contributed by atoms with Crippen LogP contribution in [0.2, 0.25) is 0 Å². The molecule has 2 amide bonds. The number of esters is 1. The number of ether oxygens (including phenoxy) is 1. The molecule has 194 valence electrons. The quantitative estimate of drug-likeness (QED) is 0.243. The summed E-state index contributed by atoms with van der Waals surface area (Å²) in [5.41, 5.74) is -11.3. The van der Waals surface area contributed by atoms with Gasteiger partial charge in [-0.2, -0.15) is 39.5 Å². The Kier molecular flexibility index (Phi) is 6.83. The van der Waals surface area contributed by atoms with E-state index in [0.717, 1.165) is 13.0 Å². The van der Waals surface area contributed by atoms with Crippen LogP contribution < -0.4 is 4.90 Å². The smallest absolute Gasteiger partial charge is 0.438 e. The number of hydrogen-bond acceptors (Lipinski definition) is 7. The topological polar surface area (TPSA) is 121 Å². The molecule has 8 nitrogen and oxygen atoms in total. The van der Waals surface area contributed by atoms with E-state index in [1.54, 1.807) is 0 Å². The van der Waals surface area contributed by atoms with Crippen LogP contribution in [0.15, 0.2) is 29.8 Å². The van der Waals surface area contributed by atoms with E-state index in [1.807, 2.05) is 0 Å². The van der Waals surface area contributed by atoms with Crippen molar-refractivity contribution in [1.29, 1.82) is 0 Å². The lowest BCUT2D eigenvalue weighted by Crippen LogP contribution is -2.63. The van der Waals surface area contributed by atoms with Crippen molar-refractivity contribution in [3.05, 3.63) is 41.0 Å². The highest BCUT2D eigenvalue weighted by Crippen LogP contribution is 2.47. The summed E-state index contributed by atoms with van der Waals surface area (Å²) in [6.45, 7) is 1.12. The van der Waals surface area contributed by atoms with Crippen LogP contribution in [0.1, 0.15) is 22.8 Å². The third kappa shape index (κ3) is 5.42. The van der Waals surface area contributed by atoms with Gasteiger partial charge in [0.1, 0.15) is 0 Å². The lowest BCUT2D eigenvalue weighted by molar-refractivity contribution is -0.356. The molecule has 1 aromatic carbocycles. The van der Waals surface area contributed by atoms with E-state index in [1.165, 1.54) is 0 Å². The Hall–Kier alpha value is -3.15. The molecule has 1 aliphatic heterocycles. The highest BCUT2D eigenvalue weighted by molar-refractivity contribution is 7.85. The average molecular weight is 542 g/mol. The number of anilines is 1. The van der Waals surface area contributed by atoms with Gasteiger partial charge in [0, 0.05) is 11.6 Å². The van der Waals surface area contributed by atoms with Gasteiger partial charge in [-0.05, 0) is 25.1 Å². The minimum Gasteiger partial charge on any atom is -0.748 e. The van der Waals surface area contributed by atoms with Crippen molar-refractivity contribution in [3.8, 4) is 0 Å². The van der Waals surface area contributed by atoms with E-state index in [4.69, 9.17) is 0 Å². The fraction of sp³-hybridized carbons (Fsp3) is 0.353. The Bertz CT molecular complexity index is 1200. The Morgan fingerprint density at radius 1 is 1.00 bits per heavy atom. The normalized spacial score (nSPS) is 16.0. The monoisotopic (exact) mass is 542 g/mol. The largest absolute Gasteiger partial charge is 0.748 e. The van der Waals surface area contributed by atoms with Crippen LogP contribution in [0, 0.1) is 0 Å². The van der Waals surface area contributed by atoms with E-state index >= 15 is 0 Å². The molecule has 0 saturated carbocycles. The maximum Gasteiger partial charge on any atom is 0.438 e. The molecule has 0 spiro atoms. The summed E-state index contributed by atoms with van der Waals surface area (Å²) in [6.07, 6.45) is -18.6. The van der Waals surface area contributed by atoms with Gasteiger partial charge in [-0.15, -0.1) is 0 Å². The SMILES string of the molecule is CC1=CC(=O)N(c2ccc(C(=O)OC(CS(=O)(=O)[O-])(C(F)(F)F)C(F)(F)F)c(C(F)(F)F)c2)C1=O. The van der Waals surface area contributed by atoms with Crippen molar-refractivity contribution >= 4 is 33.6 Å². The van der Waals surface area contributed by atoms with Crippen LogP contribution in [0.25, 0.3) is 0 Å². The zero-order valence-electron chi connectivity index (χ0n) is 16.6. The second-order valence-corrected chi connectivity index (χ2v) is 8.35. The van der Waals surface area contributed by atoms with E-state index in [2.05, 4.69) is 4.74 Å². The molecule has 1 heterocycles. The van der Waals surface area contributed by atoms with Crippen LogP contribution in [-0.4, -0.2) is 54.5 Å². The van der Waals surface area contributed by atoms with Crippen LogP contribution >= 0.6 is 0 Å². The Morgan fingerprint density at radius 3 is 1.89 bits per heavy atom. The predicted octanol–water partition coefficient (Wildman–Crippen LogP) is 3.09. The van der Waals surface area contributed by atoms with Gasteiger partial charge in [0.05, 0.1) is 32.7 Å². The first-order valence-electron chi connectivity index (χ1n) is 8.60. The summed E-state index contributed by atoms with van der Waals surface area (Å²) in [7, 11) is -6.43. The highest BCUT2D eigenvalue weighted by atomic mass is 32.2. The van der Waals surface area contributed by atoms with Gasteiger partial charge in [0.25, 0.3) is 11.8 Å². The van der Waals surface area contributed by atoms with Crippen LogP contribution in [-0.2, 0) is 30.6 Å². The number of carbonyl (C=O) groups is 3. The van der Waals surface area contributed by atoms with Crippen LogP contribution in [0.4, 0.5) is 45.2 Å². The fourth-order valence-electron chi connectivity index (χ4n) is 2.85. The minimum atomic E-state index is -6.81. The number of carbonyl (C=O) groups excluding carboxylic acids is 3. The molecule has 2 rings (SSSR count). The van der Waals surface area contributed by atoms with Gasteiger partial charge >= 0.3 is 30.1 Å². The first-order valence-corrected chi connectivity index (χ1v) is 10.2. The molecule has 0 fully saturated rings. The molecular formula is C17H9F9NO7S-. The molecule has 0 bridgehead atoms. The lowest BCUT2D eigenvalue weighted by Gasteiger charge is -2.37. The maximum absolute atomic E-state index is 13.5. The molecule has 0 atom stereocenters. The van der Waals surface area contributed by atoms with Gasteiger partial charge < -0.3 is 9.29 Å². The maximum atomic E-state index is 13.5. The Labute approximate surface area is 188 Å². The Morgan fingerprint density at radius 2 is 1.51 bits per heavy atom. The van der Waals surface area contributed by atoms with Gasteiger partial charge in [-0.25, -0.2) is 18.1 Å². The third-order valence-corrected chi connectivity index (χ3v) is 5.21. The summed E-state index contributed by atoms with van der Waals surface area (Å²) in [6, 6.07) is 0.339. The average Bonchev–Trinajstić information content (AvgIpc) is 2.88. The zero-order valence-corrected chi connectivity index (χ0v) is 17.4. The zero-order chi connectivity index (χ0) is 27.4. The molecular weight excluding hydrogens is 533 g/mol. The van der Waals surface area contributed by atoms with Gasteiger partial charge in [0.2, 0.25) is 0 Å². The Balaban J connectivity index is 2.67. The van der Waals surface area contributed by atoms with Crippen molar-refractivity contribution in [2.24, 2.45) is 0 Å². The van der Waals surface area contributed by atoms with Gasteiger partial charge in [-0.3, -0.25) is 9.59 Å². The number of halogens is 9. The molecule has 0 unspecified atom stereocenters. The van der Waals surface area contributed by atoms with Crippen LogP contribution in [0.5, 0.6) is 0 Å². The number of hydrogen-bond donors (Lipinski definition) is 0. The molecule has 35 heavy (non-hydrogen) atoms. The number of amides is 2. The number of nitrogens with zero attached hydrogens (tertiary/aromatic N) is 1. The van der Waals surface area contributed by atoms with E-state index in [0.29, 0.717) is 6.07 Å². The van der Waals surface area contributed by atoms with Crippen molar-refractivity contribution < 1.29 is 71.6 Å². The lowest BCUT2D eigenvalue weighted by atomic mass is 10.0. The van der Waals surface area contributed by atoms with E-state index in [-0.39, 0.29) is 22.6 Å². The summed E-state index contributed by atoms with van der Waals surface area (Å²) < 4.78 is 156. The number of imide groups is 1. The van der Waals surface area contributed by atoms with Gasteiger partial charge in [-0.1, -0.05) is 0 Å². The standard InChI is InChI=1S/C17H10F9NO7S/c1-7-4-11(28)27(12(7)29)8-2-3-9(10(5-8)15(18,19)20)13(30)34-14(16(21,22)23,17(24,25)26)6-35(31,32)33/h2-5H,6H2,1H3,(H,31,32,33)/p-1. The van der Waals surface area contributed by atoms with E-state index < -0.39 is 74.6 Å². The molecule has 0 N–H and O–H groups in total. The molecule has 0 saturated heterocycles. The third-order valence-electron chi connectivity index (χ3n) is 4.45. The summed E-state index contributed by atoms with van der Waals surface area (Å²) in [5, 5.41) is 0. The summed E-state index contributed by atoms with van der Waals surface area (Å²) >= 11 is 0. The molecule has 1 aromatic rings. The van der Waals surface area contributed by atoms with Crippen molar-refractivity contribution in [1.82, 2.24) is 0 Å². The highest BCUT2D eigenvalue weighted by Gasteiger charge is 2.75. The van der Waals surface area contributed by atoms with Gasteiger partial charge in [0.15, 0.2) is 0 Å². The fourth-order valence-corrected chi connectivity index (χ4v) is 3.73. The van der Waals surface area contributed by atoms with E-state index in [9.17, 15) is 66.9 Å². The summed E-state index contributed by atoms with van der Waals surface area (Å²) in [4.78, 5) is 36.1. The predicted molar refractivity (Wildman–Crippen MR) is 92.5 cm³/mol. The van der Waals surface area contributed by atoms with Crippen molar-refractivity contribution in [3.63, 3.8) is 0 Å². The first-order chi connectivity index (χ1) is 15.5. The number of rotatable bonds is 5. The molecule has 0 aliphatic carbocycles. The van der Waals surface area contributed by atoms with Crippen molar-refractivity contribution in [2.45, 2.75) is 31.1 Å². The second kappa shape index (κ2) is 8.51. The summed E-state index contributed by atoms with van der Waals surface area (Å²) in [5.74, 6) is -8.60. The first kappa shape index (κ1) is 28.1. The molecule has 0 radical (unpaired) electrons. The minimum absolute atomic E-state index is 0.0118. The molecule has 18 heteroatoms. The second-order valence-electron chi connectivity index (χ2n) is 6.95. The van der Waals surface area contributed by atoms with Crippen molar-refractivity contribution in [2.75, 3.05) is 10.7 Å². The molecule has 1 aliphatic rings. The van der Waals surface area contributed by atoms with Crippen LogP contribution in [0.3, 0.4) is 0 Å². The number of alkyl halides is 9. The number of benzene rings is 1. The molecule has 0 aromatic heterocycles.